The number of hydrogen-bond acceptors (Lipinski definition) is 10. The van der Waals surface area contributed by atoms with Gasteiger partial charge in [0.05, 0.1) is 35.5 Å². The Bertz CT molecular complexity index is 2090. The van der Waals surface area contributed by atoms with Crippen LogP contribution in [0.5, 0.6) is 28.9 Å². The maximum absolute atomic E-state index is 15.5. The molecule has 1 aliphatic rings. The molecule has 1 fully saturated rings. The van der Waals surface area contributed by atoms with Gasteiger partial charge in [-0.15, -0.1) is 0 Å². The molecule has 2 N–H and O–H groups in total. The molecule has 0 atom stereocenters. The third kappa shape index (κ3) is 6.47. The first-order valence-corrected chi connectivity index (χ1v) is 15.6. The maximum atomic E-state index is 15.5. The van der Waals surface area contributed by atoms with Crippen molar-refractivity contribution in [1.82, 2.24) is 24.8 Å². The van der Waals surface area contributed by atoms with Crippen molar-refractivity contribution < 1.29 is 28.1 Å². The molecule has 0 radical (unpaired) electrons. The maximum Gasteiger partial charge on any atom is 0.230 e. The minimum Gasteiger partial charge on any atom is -0.506 e. The summed E-state index contributed by atoms with van der Waals surface area (Å²) < 4.78 is 46.6. The van der Waals surface area contributed by atoms with Gasteiger partial charge in [-0.2, -0.15) is 0 Å². The second-order valence-electron chi connectivity index (χ2n) is 11.4. The zero-order chi connectivity index (χ0) is 33.0. The molecular weight excluding hydrogens is 618 g/mol. The lowest BCUT2D eigenvalue weighted by molar-refractivity contribution is 0.254. The number of halogens is 2. The molecule has 3 aromatic heterocycles. The number of fused-ring (bicyclic) bond motifs is 2. The summed E-state index contributed by atoms with van der Waals surface area (Å²) in [5, 5.41) is 15.1. The number of methoxy groups -OCH3 is 1. The number of nitrogens with one attached hydrogen (secondary N) is 1. The van der Waals surface area contributed by atoms with Gasteiger partial charge in [0.2, 0.25) is 5.88 Å². The van der Waals surface area contributed by atoms with Crippen LogP contribution in [-0.2, 0) is 0 Å². The van der Waals surface area contributed by atoms with Crippen LogP contribution in [0.4, 0.5) is 20.3 Å². The standard InChI is InChI=1S/C36H32F2N6O4/c1-46-31-19-29-25(18-32(31)47-16-4-15-44-13-2-3-14-44)36(42-21-41-29)48-30-10-9-24(17-27(30)38)43-35-33-28(11-12-39-35)40-20-26(34(33)45)22-5-7-23(37)8-6-22/h5-12,17-21H,2-4,13-16H2,1H3,(H,39,43)(H,40,45). The van der Waals surface area contributed by atoms with Crippen molar-refractivity contribution in [3.05, 3.63) is 91.0 Å². The van der Waals surface area contributed by atoms with Gasteiger partial charge in [-0.3, -0.25) is 4.98 Å². The molecule has 6 aromatic rings. The predicted molar refractivity (Wildman–Crippen MR) is 178 cm³/mol. The summed E-state index contributed by atoms with van der Waals surface area (Å²) in [5.74, 6) is 0.270. The van der Waals surface area contributed by atoms with Gasteiger partial charge in [0, 0.05) is 42.3 Å². The monoisotopic (exact) mass is 650 g/mol. The first-order chi connectivity index (χ1) is 23.5. The summed E-state index contributed by atoms with van der Waals surface area (Å²) in [6.45, 7) is 3.75. The molecule has 4 heterocycles. The summed E-state index contributed by atoms with van der Waals surface area (Å²) in [4.78, 5) is 19.9. The van der Waals surface area contributed by atoms with Crippen LogP contribution in [0.1, 0.15) is 19.3 Å². The average Bonchev–Trinajstić information content (AvgIpc) is 3.62. The second-order valence-corrected chi connectivity index (χ2v) is 11.4. The van der Waals surface area contributed by atoms with E-state index >= 15 is 4.39 Å². The van der Waals surface area contributed by atoms with E-state index in [0.29, 0.717) is 56.7 Å². The van der Waals surface area contributed by atoms with Crippen molar-refractivity contribution in [2.75, 3.05) is 38.7 Å². The van der Waals surface area contributed by atoms with Gasteiger partial charge in [-0.1, -0.05) is 12.1 Å². The van der Waals surface area contributed by atoms with Gasteiger partial charge in [0.15, 0.2) is 23.1 Å². The SMILES string of the molecule is COc1cc2ncnc(Oc3ccc(Nc4nccc5ncc(-c6ccc(F)cc6)c(O)c45)cc3F)c2cc1OCCCN1CCCC1. The highest BCUT2D eigenvalue weighted by molar-refractivity contribution is 6.00. The predicted octanol–water partition coefficient (Wildman–Crippen LogP) is 7.63. The fourth-order valence-corrected chi connectivity index (χ4v) is 5.83. The molecule has 1 aliphatic heterocycles. The highest BCUT2D eigenvalue weighted by Gasteiger charge is 2.18. The van der Waals surface area contributed by atoms with Crippen LogP contribution in [0.3, 0.4) is 0 Å². The fourth-order valence-electron chi connectivity index (χ4n) is 5.83. The van der Waals surface area contributed by atoms with E-state index < -0.39 is 11.6 Å². The molecule has 0 bridgehead atoms. The number of hydrogen-bond donors (Lipinski definition) is 2. The van der Waals surface area contributed by atoms with Crippen LogP contribution >= 0.6 is 0 Å². The molecule has 0 unspecified atom stereocenters. The zero-order valence-corrected chi connectivity index (χ0v) is 26.1. The fraction of sp³-hybridized carbons (Fsp3) is 0.222. The van der Waals surface area contributed by atoms with Gasteiger partial charge < -0.3 is 29.5 Å². The highest BCUT2D eigenvalue weighted by atomic mass is 19.1. The molecule has 12 heteroatoms. The van der Waals surface area contributed by atoms with Gasteiger partial charge in [-0.25, -0.2) is 23.7 Å². The van der Waals surface area contributed by atoms with Crippen molar-refractivity contribution >= 4 is 33.3 Å². The molecule has 244 valence electrons. The number of ether oxygens (including phenoxy) is 3. The third-order valence-electron chi connectivity index (χ3n) is 8.27. The zero-order valence-electron chi connectivity index (χ0n) is 26.1. The molecule has 48 heavy (non-hydrogen) atoms. The van der Waals surface area contributed by atoms with Crippen LogP contribution in [-0.4, -0.2) is 63.3 Å². The Kier molecular flexibility index (Phi) is 8.80. The lowest BCUT2D eigenvalue weighted by Gasteiger charge is -2.16. The summed E-state index contributed by atoms with van der Waals surface area (Å²) in [7, 11) is 1.57. The summed E-state index contributed by atoms with van der Waals surface area (Å²) in [6, 6.07) is 15.2. The Morgan fingerprint density at radius 3 is 2.50 bits per heavy atom. The smallest absolute Gasteiger partial charge is 0.230 e. The molecule has 10 nitrogen and oxygen atoms in total. The number of pyridine rings is 2. The number of likely N-dealkylation sites (tertiary alicyclic amines) is 1. The minimum atomic E-state index is -0.659. The molecule has 7 rings (SSSR count). The summed E-state index contributed by atoms with van der Waals surface area (Å²) >= 11 is 0. The quantitative estimate of drug-likeness (QED) is 0.136. The normalized spacial score (nSPS) is 13.2. The van der Waals surface area contributed by atoms with E-state index in [0.717, 1.165) is 26.1 Å². The van der Waals surface area contributed by atoms with Gasteiger partial charge in [0.25, 0.3) is 0 Å². The number of nitrogens with zero attached hydrogens (tertiary/aromatic N) is 5. The van der Waals surface area contributed by atoms with E-state index in [1.165, 1.54) is 55.8 Å². The van der Waals surface area contributed by atoms with Crippen LogP contribution in [0, 0.1) is 11.6 Å². The molecule has 0 aliphatic carbocycles. The minimum absolute atomic E-state index is 0.0570. The average molecular weight is 651 g/mol. The van der Waals surface area contributed by atoms with Gasteiger partial charge in [0.1, 0.15) is 23.7 Å². The Morgan fingerprint density at radius 2 is 1.71 bits per heavy atom. The molecular formula is C36H32F2N6O4. The Labute approximate surface area is 275 Å². The van der Waals surface area contributed by atoms with Crippen molar-refractivity contribution in [2.45, 2.75) is 19.3 Å². The number of rotatable bonds is 11. The van der Waals surface area contributed by atoms with E-state index in [9.17, 15) is 9.50 Å². The number of anilines is 2. The first-order valence-electron chi connectivity index (χ1n) is 15.6. The second kappa shape index (κ2) is 13.6. The van der Waals surface area contributed by atoms with Crippen LogP contribution < -0.4 is 19.5 Å². The lowest BCUT2D eigenvalue weighted by Crippen LogP contribution is -2.21. The van der Waals surface area contributed by atoms with Crippen LogP contribution in [0.25, 0.3) is 32.9 Å². The molecule has 0 spiro atoms. The van der Waals surface area contributed by atoms with Gasteiger partial charge >= 0.3 is 0 Å². The lowest BCUT2D eigenvalue weighted by atomic mass is 10.0. The largest absolute Gasteiger partial charge is 0.506 e. The van der Waals surface area contributed by atoms with E-state index in [1.807, 2.05) is 0 Å². The Morgan fingerprint density at radius 1 is 0.875 bits per heavy atom. The number of aromatic hydroxyl groups is 1. The first kappa shape index (κ1) is 31.0. The van der Waals surface area contributed by atoms with Crippen molar-refractivity contribution in [3.8, 4) is 40.0 Å². The van der Waals surface area contributed by atoms with Crippen molar-refractivity contribution in [1.29, 1.82) is 0 Å². The van der Waals surface area contributed by atoms with Crippen LogP contribution in [0.2, 0.25) is 0 Å². The Hall–Kier alpha value is -5.62. The third-order valence-corrected chi connectivity index (χ3v) is 8.27. The number of benzene rings is 3. The van der Waals surface area contributed by atoms with E-state index in [2.05, 4.69) is 30.2 Å². The Balaban J connectivity index is 1.12. The van der Waals surface area contributed by atoms with E-state index in [1.54, 1.807) is 43.5 Å². The van der Waals surface area contributed by atoms with Crippen LogP contribution in [0.15, 0.2) is 79.4 Å². The number of aromatic nitrogens is 4. The summed E-state index contributed by atoms with van der Waals surface area (Å²) in [6.07, 6.45) is 7.75. The topological polar surface area (TPSA) is 115 Å². The highest BCUT2D eigenvalue weighted by Crippen LogP contribution is 2.40. The molecule has 3 aromatic carbocycles. The summed E-state index contributed by atoms with van der Waals surface area (Å²) in [5.41, 5.74) is 2.36. The van der Waals surface area contributed by atoms with E-state index in [4.69, 9.17) is 14.2 Å². The van der Waals surface area contributed by atoms with E-state index in [-0.39, 0.29) is 23.2 Å². The molecule has 0 saturated carbocycles. The van der Waals surface area contributed by atoms with Crippen molar-refractivity contribution in [2.24, 2.45) is 0 Å². The molecule has 1 saturated heterocycles. The molecule has 0 amide bonds. The van der Waals surface area contributed by atoms with Gasteiger partial charge in [-0.05, 0) is 74.3 Å². The van der Waals surface area contributed by atoms with Crippen molar-refractivity contribution in [3.63, 3.8) is 0 Å².